The molecule has 1 N–H and O–H groups in total. The normalized spacial score (nSPS) is 16.9. The van der Waals surface area contributed by atoms with Crippen molar-refractivity contribution >= 4 is 40.9 Å². The molecule has 2 aromatic heterocycles. The number of thiocarbonyl (C=S) groups is 1. The largest absolute Gasteiger partial charge is 0.467 e. The molecular weight excluding hydrogens is 312 g/mol. The van der Waals surface area contributed by atoms with Gasteiger partial charge in [-0.3, -0.25) is 14.4 Å². The Hall–Kier alpha value is -2.12. The van der Waals surface area contributed by atoms with E-state index in [9.17, 15) is 4.79 Å². The number of nitrogens with one attached hydrogen (secondary N) is 1. The molecule has 8 heteroatoms. The lowest BCUT2D eigenvalue weighted by Gasteiger charge is -2.11. The van der Waals surface area contributed by atoms with E-state index >= 15 is 0 Å². The van der Waals surface area contributed by atoms with Gasteiger partial charge < -0.3 is 9.73 Å². The van der Waals surface area contributed by atoms with Gasteiger partial charge in [0.15, 0.2) is 5.11 Å². The van der Waals surface area contributed by atoms with E-state index in [0.717, 1.165) is 0 Å². The van der Waals surface area contributed by atoms with Crippen molar-refractivity contribution in [1.82, 2.24) is 20.0 Å². The molecule has 21 heavy (non-hydrogen) atoms. The summed E-state index contributed by atoms with van der Waals surface area (Å²) in [6.45, 7) is 0.286. The van der Waals surface area contributed by atoms with Crippen LogP contribution in [0.5, 0.6) is 0 Å². The maximum Gasteiger partial charge on any atom is 0.277 e. The molecule has 6 nitrogen and oxygen atoms in total. The van der Waals surface area contributed by atoms with Gasteiger partial charge in [0.05, 0.1) is 29.7 Å². The van der Waals surface area contributed by atoms with Crippen LogP contribution in [0.25, 0.3) is 6.08 Å². The Labute approximate surface area is 131 Å². The van der Waals surface area contributed by atoms with Crippen LogP contribution in [0.4, 0.5) is 0 Å². The molecule has 1 amide bonds. The molecule has 0 bridgehead atoms. The lowest BCUT2D eigenvalue weighted by molar-refractivity contribution is -0.122. The van der Waals surface area contributed by atoms with Gasteiger partial charge in [0.25, 0.3) is 5.91 Å². The third-order valence-electron chi connectivity index (χ3n) is 3.08. The van der Waals surface area contributed by atoms with Gasteiger partial charge in [-0.25, -0.2) is 0 Å². The first-order valence-electron chi connectivity index (χ1n) is 6.10. The molecule has 3 heterocycles. The maximum absolute atomic E-state index is 12.4. The minimum absolute atomic E-state index is 0.228. The van der Waals surface area contributed by atoms with E-state index in [-0.39, 0.29) is 12.5 Å². The number of furan rings is 1. The predicted molar refractivity (Wildman–Crippen MR) is 81.2 cm³/mol. The lowest BCUT2D eigenvalue weighted by Crippen LogP contribution is -2.29. The van der Waals surface area contributed by atoms with Crippen molar-refractivity contribution in [2.45, 2.75) is 6.54 Å². The first-order chi connectivity index (χ1) is 10.1. The van der Waals surface area contributed by atoms with E-state index in [2.05, 4.69) is 10.4 Å². The highest BCUT2D eigenvalue weighted by Crippen LogP contribution is 2.21. The molecule has 1 fully saturated rings. The highest BCUT2D eigenvalue weighted by atomic mass is 35.5. The average molecular weight is 323 g/mol. The number of carbonyl (C=O) groups excluding carboxylic acids is 1. The quantitative estimate of drug-likeness (QED) is 0.691. The number of halogens is 1. The summed E-state index contributed by atoms with van der Waals surface area (Å²) in [5, 5.41) is 7.71. The molecule has 1 aliphatic heterocycles. The first-order valence-corrected chi connectivity index (χ1v) is 6.89. The molecule has 0 aliphatic carbocycles. The summed E-state index contributed by atoms with van der Waals surface area (Å²) < 4.78 is 6.82. The second kappa shape index (κ2) is 5.34. The van der Waals surface area contributed by atoms with Crippen LogP contribution in [0.15, 0.2) is 34.7 Å². The van der Waals surface area contributed by atoms with Gasteiger partial charge in [-0.2, -0.15) is 5.10 Å². The van der Waals surface area contributed by atoms with Gasteiger partial charge in [0.2, 0.25) is 0 Å². The summed E-state index contributed by atoms with van der Waals surface area (Å²) in [4.78, 5) is 13.8. The number of amides is 1. The van der Waals surface area contributed by atoms with E-state index in [1.807, 2.05) is 0 Å². The summed E-state index contributed by atoms with van der Waals surface area (Å²) in [5.74, 6) is 0.431. The highest BCUT2D eigenvalue weighted by molar-refractivity contribution is 7.80. The van der Waals surface area contributed by atoms with Gasteiger partial charge >= 0.3 is 0 Å². The van der Waals surface area contributed by atoms with Crippen LogP contribution in [0, 0.1) is 0 Å². The van der Waals surface area contributed by atoms with E-state index in [1.54, 1.807) is 36.2 Å². The summed E-state index contributed by atoms with van der Waals surface area (Å²) in [5.41, 5.74) is 0.993. The van der Waals surface area contributed by atoms with Crippen LogP contribution < -0.4 is 5.32 Å². The molecular formula is C13H11ClN4O2S. The molecule has 108 valence electrons. The minimum Gasteiger partial charge on any atom is -0.467 e. The topological polar surface area (TPSA) is 63.3 Å². The number of rotatable bonds is 3. The predicted octanol–water partition coefficient (Wildman–Crippen LogP) is 1.92. The van der Waals surface area contributed by atoms with E-state index in [4.69, 9.17) is 28.2 Å². The Bertz CT molecular complexity index is 716. The molecule has 1 saturated heterocycles. The summed E-state index contributed by atoms with van der Waals surface area (Å²) in [6.07, 6.45) is 4.71. The zero-order valence-corrected chi connectivity index (χ0v) is 12.6. The molecule has 2 aromatic rings. The second-order valence-electron chi connectivity index (χ2n) is 4.46. The second-order valence-corrected chi connectivity index (χ2v) is 5.25. The van der Waals surface area contributed by atoms with Crippen molar-refractivity contribution in [2.24, 2.45) is 7.05 Å². The van der Waals surface area contributed by atoms with Gasteiger partial charge in [-0.15, -0.1) is 0 Å². The monoisotopic (exact) mass is 322 g/mol. The van der Waals surface area contributed by atoms with Crippen LogP contribution in [-0.2, 0) is 18.4 Å². The molecule has 0 spiro atoms. The van der Waals surface area contributed by atoms with Crippen molar-refractivity contribution in [2.75, 3.05) is 0 Å². The van der Waals surface area contributed by atoms with Crippen LogP contribution >= 0.6 is 23.8 Å². The van der Waals surface area contributed by atoms with Crippen molar-refractivity contribution in [3.8, 4) is 0 Å². The lowest BCUT2D eigenvalue weighted by atomic mass is 10.3. The fraction of sp³-hybridized carbons (Fsp3) is 0.154. The molecule has 0 unspecified atom stereocenters. The smallest absolute Gasteiger partial charge is 0.277 e. The fourth-order valence-electron chi connectivity index (χ4n) is 1.99. The number of nitrogens with zero attached hydrogens (tertiary/aromatic N) is 3. The Balaban J connectivity index is 1.86. The zero-order valence-electron chi connectivity index (χ0n) is 11.0. The Morgan fingerprint density at radius 1 is 1.57 bits per heavy atom. The summed E-state index contributed by atoms with van der Waals surface area (Å²) in [6, 6.07) is 3.55. The first kappa shape index (κ1) is 13.8. The Morgan fingerprint density at radius 2 is 2.38 bits per heavy atom. The minimum atomic E-state index is -0.228. The van der Waals surface area contributed by atoms with Gasteiger partial charge in [0.1, 0.15) is 11.5 Å². The van der Waals surface area contributed by atoms with E-state index in [0.29, 0.717) is 27.3 Å². The standard InChI is InChI=1S/C13H11ClN4O2S/c1-17-11(9(14)6-15-17)5-10-12(19)18(13(21)16-10)7-8-3-2-4-20-8/h2-6H,7H2,1H3,(H,16,21)/b10-5+. The van der Waals surface area contributed by atoms with Gasteiger partial charge in [-0.1, -0.05) is 11.6 Å². The third kappa shape index (κ3) is 2.57. The van der Waals surface area contributed by atoms with Crippen LogP contribution in [0.2, 0.25) is 5.02 Å². The van der Waals surface area contributed by atoms with Crippen molar-refractivity contribution < 1.29 is 9.21 Å². The number of carbonyl (C=O) groups is 1. The number of aryl methyl sites for hydroxylation is 1. The molecule has 0 aromatic carbocycles. The SMILES string of the molecule is Cn1ncc(Cl)c1/C=C1/NC(=S)N(Cc2ccco2)C1=O. The Morgan fingerprint density at radius 3 is 3.00 bits per heavy atom. The van der Waals surface area contributed by atoms with Gasteiger partial charge in [0, 0.05) is 7.05 Å². The fourth-order valence-corrected chi connectivity index (χ4v) is 2.47. The van der Waals surface area contributed by atoms with Crippen molar-refractivity contribution in [1.29, 1.82) is 0 Å². The molecule has 0 saturated carbocycles. The number of hydrogen-bond donors (Lipinski definition) is 1. The van der Waals surface area contributed by atoms with E-state index < -0.39 is 0 Å². The summed E-state index contributed by atoms with van der Waals surface area (Å²) >= 11 is 11.2. The van der Waals surface area contributed by atoms with Crippen LogP contribution in [0.1, 0.15) is 11.5 Å². The number of hydrogen-bond acceptors (Lipinski definition) is 4. The maximum atomic E-state index is 12.4. The molecule has 0 atom stereocenters. The van der Waals surface area contributed by atoms with Crippen LogP contribution in [0.3, 0.4) is 0 Å². The third-order valence-corrected chi connectivity index (χ3v) is 3.69. The highest BCUT2D eigenvalue weighted by Gasteiger charge is 2.31. The molecule has 0 radical (unpaired) electrons. The van der Waals surface area contributed by atoms with Crippen molar-refractivity contribution in [3.63, 3.8) is 0 Å². The zero-order chi connectivity index (χ0) is 15.0. The Kier molecular flexibility index (Phi) is 3.52. The van der Waals surface area contributed by atoms with Crippen molar-refractivity contribution in [3.05, 3.63) is 46.8 Å². The van der Waals surface area contributed by atoms with Gasteiger partial charge in [-0.05, 0) is 30.4 Å². The van der Waals surface area contributed by atoms with E-state index in [1.165, 1.54) is 11.1 Å². The summed E-state index contributed by atoms with van der Waals surface area (Å²) in [7, 11) is 1.75. The molecule has 1 aliphatic rings. The number of aromatic nitrogens is 2. The molecule has 3 rings (SSSR count). The average Bonchev–Trinajstić information content (AvgIpc) is 3.13. The van der Waals surface area contributed by atoms with Crippen LogP contribution in [-0.4, -0.2) is 25.7 Å².